The molecule has 18 heteroatoms. The summed E-state index contributed by atoms with van der Waals surface area (Å²) in [5.41, 5.74) is 21.5. The first-order valence-corrected chi connectivity index (χ1v) is 17.8. The summed E-state index contributed by atoms with van der Waals surface area (Å²) in [6.45, 7) is 11.9. The van der Waals surface area contributed by atoms with Crippen molar-refractivity contribution in [3.05, 3.63) is 12.7 Å². The highest BCUT2D eigenvalue weighted by molar-refractivity contribution is 6.01. The standard InChI is InChI=1S/C34H62N10O8/c1-7-19(4)27(32(51)41-23(17-26(36)47)25(46)9-3)44-33(52)28(20(5)8-2)43-31(50)24(18-45)42-30(49)22(14-10-11-15-35)40-29(48)21(6)13-12-16-39-34(37)38/h9,19-24,27-28,45H,3,7-8,10-18,35H2,1-2,4-6H3,(H2,36,47)(H,40,48)(H,41,51)(H,42,49)(H,43,50)(H,44,52)(H4,37,38,39)/t19-,20-,21-,22-,23-,24-,27-,28-/m0/s1. The highest BCUT2D eigenvalue weighted by atomic mass is 16.3. The fourth-order valence-corrected chi connectivity index (χ4v) is 5.01. The Morgan fingerprint density at radius 2 is 1.19 bits per heavy atom. The van der Waals surface area contributed by atoms with Crippen LogP contribution in [0.3, 0.4) is 0 Å². The van der Waals surface area contributed by atoms with Crippen LogP contribution < -0.4 is 49.5 Å². The summed E-state index contributed by atoms with van der Waals surface area (Å²) in [4.78, 5) is 94.5. The summed E-state index contributed by atoms with van der Waals surface area (Å²) in [6.07, 6.45) is 3.59. The minimum absolute atomic E-state index is 0.0555. The number of carbonyl (C=O) groups is 7. The van der Waals surface area contributed by atoms with Gasteiger partial charge in [-0.1, -0.05) is 54.0 Å². The van der Waals surface area contributed by atoms with Crippen molar-refractivity contribution in [1.82, 2.24) is 26.6 Å². The normalized spacial score (nSPS) is 15.5. The lowest BCUT2D eigenvalue weighted by molar-refractivity contribution is -0.137. The van der Waals surface area contributed by atoms with Crippen molar-refractivity contribution in [2.45, 2.75) is 116 Å². The van der Waals surface area contributed by atoms with Crippen molar-refractivity contribution in [3.63, 3.8) is 0 Å². The lowest BCUT2D eigenvalue weighted by Crippen LogP contribution is -2.61. The average molecular weight is 739 g/mol. The highest BCUT2D eigenvalue weighted by Crippen LogP contribution is 2.14. The molecule has 0 fully saturated rings. The topological polar surface area (TPSA) is 316 Å². The zero-order valence-corrected chi connectivity index (χ0v) is 31.2. The summed E-state index contributed by atoms with van der Waals surface area (Å²) in [6, 6.07) is -6.21. The number of aliphatic hydroxyl groups excluding tert-OH is 1. The molecule has 0 aliphatic rings. The van der Waals surface area contributed by atoms with E-state index < -0.39 is 102 Å². The summed E-state index contributed by atoms with van der Waals surface area (Å²) < 4.78 is 0. The Labute approximate surface area is 306 Å². The minimum atomic E-state index is -1.49. The zero-order chi connectivity index (χ0) is 40.0. The predicted molar refractivity (Wildman–Crippen MR) is 197 cm³/mol. The molecule has 0 bridgehead atoms. The van der Waals surface area contributed by atoms with Gasteiger partial charge in [0.1, 0.15) is 30.2 Å². The van der Waals surface area contributed by atoms with E-state index in [9.17, 15) is 38.7 Å². The van der Waals surface area contributed by atoms with E-state index in [0.29, 0.717) is 51.6 Å². The summed E-state index contributed by atoms with van der Waals surface area (Å²) in [5.74, 6) is -6.39. The molecule has 0 rings (SSSR count). The maximum Gasteiger partial charge on any atom is 0.245 e. The number of rotatable bonds is 27. The van der Waals surface area contributed by atoms with E-state index in [2.05, 4.69) is 38.2 Å². The Morgan fingerprint density at radius 1 is 0.692 bits per heavy atom. The van der Waals surface area contributed by atoms with E-state index in [1.807, 2.05) is 0 Å². The van der Waals surface area contributed by atoms with E-state index in [0.717, 1.165) is 6.08 Å². The maximum absolute atomic E-state index is 13.7. The van der Waals surface area contributed by atoms with Gasteiger partial charge in [-0.3, -0.25) is 38.6 Å². The molecule has 8 atom stereocenters. The Bertz CT molecular complexity index is 1240. The molecule has 0 saturated heterocycles. The lowest BCUT2D eigenvalue weighted by Gasteiger charge is -2.30. The molecule has 0 aromatic rings. The van der Waals surface area contributed by atoms with Crippen LogP contribution in [0.15, 0.2) is 17.6 Å². The quantitative estimate of drug-likeness (QED) is 0.0189. The van der Waals surface area contributed by atoms with Crippen molar-refractivity contribution in [1.29, 1.82) is 0 Å². The van der Waals surface area contributed by atoms with E-state index in [1.54, 1.807) is 34.6 Å². The van der Waals surface area contributed by atoms with Gasteiger partial charge in [0.2, 0.25) is 35.4 Å². The molecule has 0 spiro atoms. The number of aliphatic hydroxyl groups is 1. The number of nitrogens with two attached hydrogens (primary N) is 4. The third kappa shape index (κ3) is 17.6. The van der Waals surface area contributed by atoms with Gasteiger partial charge in [-0.05, 0) is 56.6 Å². The van der Waals surface area contributed by atoms with E-state index >= 15 is 0 Å². The zero-order valence-electron chi connectivity index (χ0n) is 31.2. The molecular weight excluding hydrogens is 676 g/mol. The largest absolute Gasteiger partial charge is 0.394 e. The summed E-state index contributed by atoms with van der Waals surface area (Å²) >= 11 is 0. The van der Waals surface area contributed by atoms with Crippen LogP contribution in [-0.2, 0) is 33.6 Å². The molecule has 0 aromatic heterocycles. The lowest BCUT2D eigenvalue weighted by atomic mass is 9.94. The summed E-state index contributed by atoms with van der Waals surface area (Å²) in [7, 11) is 0. The molecule has 14 N–H and O–H groups in total. The van der Waals surface area contributed by atoms with Gasteiger partial charge in [0, 0.05) is 12.5 Å². The number of nitrogens with one attached hydrogen (secondary N) is 5. The summed E-state index contributed by atoms with van der Waals surface area (Å²) in [5, 5.41) is 23.0. The molecule has 296 valence electrons. The van der Waals surface area contributed by atoms with Gasteiger partial charge in [0.05, 0.1) is 13.0 Å². The van der Waals surface area contributed by atoms with Gasteiger partial charge in [-0.2, -0.15) is 0 Å². The maximum atomic E-state index is 13.7. The fraction of sp³-hybridized carbons (Fsp3) is 0.706. The third-order valence-corrected chi connectivity index (χ3v) is 8.79. The fourth-order valence-electron chi connectivity index (χ4n) is 5.01. The third-order valence-electron chi connectivity index (χ3n) is 8.79. The first kappa shape index (κ1) is 47.4. The smallest absolute Gasteiger partial charge is 0.245 e. The molecule has 0 saturated carbocycles. The van der Waals surface area contributed by atoms with Crippen molar-refractivity contribution < 1.29 is 38.7 Å². The van der Waals surface area contributed by atoms with Crippen molar-refractivity contribution in [2.24, 2.45) is 45.7 Å². The number of hydrogen-bond acceptors (Lipinski definition) is 10. The first-order chi connectivity index (χ1) is 24.5. The number of nitrogens with zero attached hydrogens (tertiary/aromatic N) is 1. The predicted octanol–water partition coefficient (Wildman–Crippen LogP) is -2.06. The van der Waals surface area contributed by atoms with Crippen molar-refractivity contribution in [3.8, 4) is 0 Å². The van der Waals surface area contributed by atoms with Crippen LogP contribution in [0.2, 0.25) is 0 Å². The Balaban J connectivity index is 5.98. The number of unbranched alkanes of at least 4 members (excludes halogenated alkanes) is 1. The van der Waals surface area contributed by atoms with Crippen molar-refractivity contribution >= 4 is 47.2 Å². The minimum Gasteiger partial charge on any atom is -0.394 e. The molecule has 0 unspecified atom stereocenters. The second kappa shape index (κ2) is 25.4. The van der Waals surface area contributed by atoms with E-state index in [1.165, 1.54) is 0 Å². The van der Waals surface area contributed by atoms with Gasteiger partial charge in [0.15, 0.2) is 11.7 Å². The number of amides is 6. The molecule has 0 aliphatic carbocycles. The molecule has 0 radical (unpaired) electrons. The molecule has 0 heterocycles. The van der Waals surface area contributed by atoms with Gasteiger partial charge >= 0.3 is 0 Å². The van der Waals surface area contributed by atoms with Crippen LogP contribution in [-0.4, -0.2) is 102 Å². The van der Waals surface area contributed by atoms with E-state index in [4.69, 9.17) is 22.9 Å². The second-order valence-corrected chi connectivity index (χ2v) is 13.0. The second-order valence-electron chi connectivity index (χ2n) is 13.0. The molecule has 52 heavy (non-hydrogen) atoms. The van der Waals surface area contributed by atoms with Gasteiger partial charge < -0.3 is 54.6 Å². The van der Waals surface area contributed by atoms with E-state index in [-0.39, 0.29) is 12.4 Å². The SMILES string of the molecule is C=CC(=O)[C@H](CC(N)=O)NC(=O)[C@@H](NC(=O)[C@@H](NC(=O)[C@H](CO)NC(=O)[C@H](CCCCN)NC(=O)[C@@H](C)CCCN=C(N)N)[C@@H](C)CC)[C@@H](C)CC. The number of ketones is 1. The van der Waals surface area contributed by atoms with Crippen molar-refractivity contribution in [2.75, 3.05) is 19.7 Å². The van der Waals surface area contributed by atoms with Crippen LogP contribution >= 0.6 is 0 Å². The van der Waals surface area contributed by atoms with Gasteiger partial charge in [0.25, 0.3) is 0 Å². The number of hydrogen-bond donors (Lipinski definition) is 10. The number of primary amides is 1. The van der Waals surface area contributed by atoms with Crippen LogP contribution in [0.25, 0.3) is 0 Å². The molecular formula is C34H62N10O8. The highest BCUT2D eigenvalue weighted by Gasteiger charge is 2.35. The van der Waals surface area contributed by atoms with Crippen LogP contribution in [0.1, 0.15) is 86.0 Å². The molecule has 0 aromatic carbocycles. The molecule has 6 amide bonds. The van der Waals surface area contributed by atoms with Gasteiger partial charge in [-0.25, -0.2) is 0 Å². The molecule has 0 aliphatic heterocycles. The number of aliphatic imine (C=N–C) groups is 1. The monoisotopic (exact) mass is 738 g/mol. The molecule has 18 nitrogen and oxygen atoms in total. The average Bonchev–Trinajstić information content (AvgIpc) is 3.10. The number of carbonyl (C=O) groups excluding carboxylic acids is 7. The van der Waals surface area contributed by atoms with Crippen LogP contribution in [0.4, 0.5) is 0 Å². The van der Waals surface area contributed by atoms with Gasteiger partial charge in [-0.15, -0.1) is 0 Å². The Hall–Kier alpha value is -4.58. The number of guanidine groups is 1. The van der Waals surface area contributed by atoms with Crippen LogP contribution in [0, 0.1) is 17.8 Å². The Morgan fingerprint density at radius 3 is 1.67 bits per heavy atom. The van der Waals surface area contributed by atoms with Crippen LogP contribution in [0.5, 0.6) is 0 Å². The first-order valence-electron chi connectivity index (χ1n) is 17.8. The Kier molecular flexibility index (Phi) is 23.1.